The van der Waals surface area contributed by atoms with E-state index in [1.54, 1.807) is 0 Å². The fourth-order valence-electron chi connectivity index (χ4n) is 2.57. The average Bonchev–Trinajstić information content (AvgIpc) is 1.99. The molecule has 0 aromatic heterocycles. The van der Waals surface area contributed by atoms with E-state index in [9.17, 15) is 0 Å². The topological polar surface area (TPSA) is 3.24 Å². The van der Waals surface area contributed by atoms with E-state index in [1.165, 1.54) is 51.7 Å². The van der Waals surface area contributed by atoms with E-state index in [2.05, 4.69) is 18.7 Å². The van der Waals surface area contributed by atoms with E-state index in [-0.39, 0.29) is 0 Å². The lowest BCUT2D eigenvalue weighted by Gasteiger charge is -2.39. The minimum absolute atomic E-state index is 0.644. The molecule has 1 aliphatic carbocycles. The third-order valence-corrected chi connectivity index (χ3v) is 3.92. The summed E-state index contributed by atoms with van der Waals surface area (Å²) in [5.41, 5.74) is 0.644. The van der Waals surface area contributed by atoms with Gasteiger partial charge in [0, 0.05) is 6.54 Å². The molecule has 1 saturated heterocycles. The quantitative estimate of drug-likeness (QED) is 0.633. The van der Waals surface area contributed by atoms with Gasteiger partial charge in [-0.1, -0.05) is 13.8 Å². The molecule has 13 heavy (non-hydrogen) atoms. The standard InChI is InChI=1S/C12H23N/c1-12(2)6-4-11(5-7-12)10-13-8-3-9-13/h11H,3-10H2,1-2H3. The van der Waals surface area contributed by atoms with Crippen molar-refractivity contribution in [1.82, 2.24) is 4.90 Å². The Balaban J connectivity index is 1.71. The smallest absolute Gasteiger partial charge is 0.000968 e. The van der Waals surface area contributed by atoms with Crippen molar-refractivity contribution in [3.05, 3.63) is 0 Å². The SMILES string of the molecule is CC1(C)CCC(CN2CCC2)CC1. The van der Waals surface area contributed by atoms with E-state index in [1.807, 2.05) is 0 Å². The molecule has 0 aromatic carbocycles. The Kier molecular flexibility index (Phi) is 2.64. The first-order valence-corrected chi connectivity index (χ1v) is 5.88. The first-order valence-electron chi connectivity index (χ1n) is 5.88. The number of rotatable bonds is 2. The molecule has 0 radical (unpaired) electrons. The van der Waals surface area contributed by atoms with E-state index in [4.69, 9.17) is 0 Å². The van der Waals surface area contributed by atoms with Crippen LogP contribution in [0.25, 0.3) is 0 Å². The fourth-order valence-corrected chi connectivity index (χ4v) is 2.57. The summed E-state index contributed by atoms with van der Waals surface area (Å²) in [6.45, 7) is 9.00. The summed E-state index contributed by atoms with van der Waals surface area (Å²) < 4.78 is 0. The molecule has 1 saturated carbocycles. The zero-order valence-electron chi connectivity index (χ0n) is 9.18. The van der Waals surface area contributed by atoms with E-state index in [0.29, 0.717) is 5.41 Å². The van der Waals surface area contributed by atoms with Crippen molar-refractivity contribution in [2.45, 2.75) is 46.0 Å². The number of nitrogens with zero attached hydrogens (tertiary/aromatic N) is 1. The third kappa shape index (κ3) is 2.46. The van der Waals surface area contributed by atoms with Crippen molar-refractivity contribution >= 4 is 0 Å². The molecule has 0 unspecified atom stereocenters. The largest absolute Gasteiger partial charge is 0.303 e. The van der Waals surface area contributed by atoms with Gasteiger partial charge in [-0.25, -0.2) is 0 Å². The minimum atomic E-state index is 0.644. The number of likely N-dealkylation sites (tertiary alicyclic amines) is 1. The van der Waals surface area contributed by atoms with Gasteiger partial charge < -0.3 is 4.90 Å². The Morgan fingerprint density at radius 3 is 2.23 bits per heavy atom. The molecule has 2 fully saturated rings. The molecule has 1 nitrogen and oxygen atoms in total. The summed E-state index contributed by atoms with van der Waals surface area (Å²) >= 11 is 0. The van der Waals surface area contributed by atoms with Gasteiger partial charge in [0.2, 0.25) is 0 Å². The van der Waals surface area contributed by atoms with Crippen LogP contribution in [0.4, 0.5) is 0 Å². The maximum absolute atomic E-state index is 2.63. The molecular formula is C12H23N. The Bertz CT molecular complexity index is 160. The second-order valence-corrected chi connectivity index (χ2v) is 5.76. The van der Waals surface area contributed by atoms with Crippen LogP contribution < -0.4 is 0 Å². The Morgan fingerprint density at radius 2 is 1.77 bits per heavy atom. The monoisotopic (exact) mass is 181 g/mol. The Labute approximate surface area is 82.5 Å². The summed E-state index contributed by atoms with van der Waals surface area (Å²) in [6.07, 6.45) is 7.29. The van der Waals surface area contributed by atoms with Crippen LogP contribution in [0.15, 0.2) is 0 Å². The molecule has 1 heterocycles. The van der Waals surface area contributed by atoms with Crippen molar-refractivity contribution < 1.29 is 0 Å². The maximum Gasteiger partial charge on any atom is 0.000968 e. The molecule has 0 aromatic rings. The number of hydrogen-bond acceptors (Lipinski definition) is 1. The van der Waals surface area contributed by atoms with Crippen LogP contribution in [-0.2, 0) is 0 Å². The van der Waals surface area contributed by atoms with Crippen LogP contribution in [-0.4, -0.2) is 24.5 Å². The van der Waals surface area contributed by atoms with Crippen LogP contribution in [0.1, 0.15) is 46.0 Å². The van der Waals surface area contributed by atoms with Crippen molar-refractivity contribution in [3.63, 3.8) is 0 Å². The molecule has 2 aliphatic rings. The van der Waals surface area contributed by atoms with Crippen molar-refractivity contribution in [2.75, 3.05) is 19.6 Å². The van der Waals surface area contributed by atoms with E-state index in [0.717, 1.165) is 5.92 Å². The molecule has 2 rings (SSSR count). The third-order valence-electron chi connectivity index (χ3n) is 3.92. The van der Waals surface area contributed by atoms with Gasteiger partial charge in [-0.2, -0.15) is 0 Å². The lowest BCUT2D eigenvalue weighted by atomic mass is 9.73. The van der Waals surface area contributed by atoms with Gasteiger partial charge in [0.25, 0.3) is 0 Å². The zero-order valence-corrected chi connectivity index (χ0v) is 9.18. The molecule has 76 valence electrons. The van der Waals surface area contributed by atoms with Crippen LogP contribution in [0, 0.1) is 11.3 Å². The lowest BCUT2D eigenvalue weighted by Crippen LogP contribution is -2.41. The summed E-state index contributed by atoms with van der Waals surface area (Å²) in [7, 11) is 0. The highest BCUT2D eigenvalue weighted by Crippen LogP contribution is 2.38. The maximum atomic E-state index is 2.63. The van der Waals surface area contributed by atoms with Crippen molar-refractivity contribution in [1.29, 1.82) is 0 Å². The average molecular weight is 181 g/mol. The molecule has 0 atom stereocenters. The second-order valence-electron chi connectivity index (χ2n) is 5.76. The highest BCUT2D eigenvalue weighted by Gasteiger charge is 2.28. The molecule has 1 aliphatic heterocycles. The van der Waals surface area contributed by atoms with Gasteiger partial charge in [0.1, 0.15) is 0 Å². The van der Waals surface area contributed by atoms with Gasteiger partial charge in [-0.05, 0) is 56.5 Å². The molecule has 0 bridgehead atoms. The van der Waals surface area contributed by atoms with Crippen molar-refractivity contribution in [2.24, 2.45) is 11.3 Å². The molecular weight excluding hydrogens is 158 g/mol. The van der Waals surface area contributed by atoms with E-state index >= 15 is 0 Å². The molecule has 0 amide bonds. The minimum Gasteiger partial charge on any atom is -0.303 e. The molecule has 1 heteroatoms. The molecule has 0 spiro atoms. The highest BCUT2D eigenvalue weighted by atomic mass is 15.2. The Hall–Kier alpha value is -0.0400. The Morgan fingerprint density at radius 1 is 1.15 bits per heavy atom. The van der Waals surface area contributed by atoms with Gasteiger partial charge >= 0.3 is 0 Å². The highest BCUT2D eigenvalue weighted by molar-refractivity contribution is 4.81. The summed E-state index contributed by atoms with van der Waals surface area (Å²) in [6, 6.07) is 0. The predicted octanol–water partition coefficient (Wildman–Crippen LogP) is 2.91. The second kappa shape index (κ2) is 3.61. The van der Waals surface area contributed by atoms with E-state index < -0.39 is 0 Å². The lowest BCUT2D eigenvalue weighted by molar-refractivity contribution is 0.108. The number of hydrogen-bond donors (Lipinski definition) is 0. The normalized spacial score (nSPS) is 30.0. The van der Waals surface area contributed by atoms with Gasteiger partial charge in [-0.15, -0.1) is 0 Å². The van der Waals surface area contributed by atoms with Crippen LogP contribution in [0.2, 0.25) is 0 Å². The fraction of sp³-hybridized carbons (Fsp3) is 1.00. The van der Waals surface area contributed by atoms with Gasteiger partial charge in [0.15, 0.2) is 0 Å². The van der Waals surface area contributed by atoms with Crippen LogP contribution in [0.5, 0.6) is 0 Å². The van der Waals surface area contributed by atoms with Gasteiger partial charge in [-0.3, -0.25) is 0 Å². The van der Waals surface area contributed by atoms with Crippen LogP contribution >= 0.6 is 0 Å². The van der Waals surface area contributed by atoms with Gasteiger partial charge in [0.05, 0.1) is 0 Å². The zero-order chi connectivity index (χ0) is 9.31. The molecule has 0 N–H and O–H groups in total. The summed E-state index contributed by atoms with van der Waals surface area (Å²) in [5, 5.41) is 0. The first kappa shape index (κ1) is 9.51. The summed E-state index contributed by atoms with van der Waals surface area (Å²) in [5.74, 6) is 1.02. The predicted molar refractivity (Wildman–Crippen MR) is 56.8 cm³/mol. The first-order chi connectivity index (χ1) is 6.16. The van der Waals surface area contributed by atoms with Crippen LogP contribution in [0.3, 0.4) is 0 Å². The van der Waals surface area contributed by atoms with Crippen molar-refractivity contribution in [3.8, 4) is 0 Å². The summed E-state index contributed by atoms with van der Waals surface area (Å²) in [4.78, 5) is 2.63.